The standard InChI is InChI=1S/C12H15BrO4/c1-12(2,11(14)15)7-5-6-8(16-3)9(13)10(7)17-4/h5-6H,1-4H3,(H,14,15). The van der Waals surface area contributed by atoms with E-state index in [1.807, 2.05) is 0 Å². The van der Waals surface area contributed by atoms with Crippen molar-refractivity contribution < 1.29 is 19.4 Å². The fraction of sp³-hybridized carbons (Fsp3) is 0.417. The van der Waals surface area contributed by atoms with Gasteiger partial charge in [0.15, 0.2) is 0 Å². The van der Waals surface area contributed by atoms with Crippen LogP contribution in [0.2, 0.25) is 0 Å². The maximum absolute atomic E-state index is 11.3. The van der Waals surface area contributed by atoms with Crippen LogP contribution in [0.3, 0.4) is 0 Å². The summed E-state index contributed by atoms with van der Waals surface area (Å²) in [6, 6.07) is 3.42. The predicted molar refractivity (Wildman–Crippen MR) is 67.9 cm³/mol. The molecule has 1 aromatic carbocycles. The summed E-state index contributed by atoms with van der Waals surface area (Å²) in [7, 11) is 3.04. The summed E-state index contributed by atoms with van der Waals surface area (Å²) in [6.45, 7) is 3.26. The van der Waals surface area contributed by atoms with Crippen molar-refractivity contribution in [3.05, 3.63) is 22.2 Å². The SMILES string of the molecule is COc1ccc(C(C)(C)C(=O)O)c(OC)c1Br. The second-order valence-electron chi connectivity index (χ2n) is 4.09. The molecule has 0 spiro atoms. The molecule has 0 fully saturated rings. The number of hydrogen-bond donors (Lipinski definition) is 1. The number of carboxylic acid groups (broad SMARTS) is 1. The van der Waals surface area contributed by atoms with Crippen LogP contribution in [-0.4, -0.2) is 25.3 Å². The number of methoxy groups -OCH3 is 2. The molecule has 0 aromatic heterocycles. The Morgan fingerprint density at radius 2 is 1.88 bits per heavy atom. The van der Waals surface area contributed by atoms with E-state index in [0.717, 1.165) is 0 Å². The fourth-order valence-electron chi connectivity index (χ4n) is 1.50. The molecule has 0 bridgehead atoms. The van der Waals surface area contributed by atoms with Crippen molar-refractivity contribution in [1.29, 1.82) is 0 Å². The van der Waals surface area contributed by atoms with Gasteiger partial charge >= 0.3 is 5.97 Å². The number of aliphatic carboxylic acids is 1. The minimum absolute atomic E-state index is 0.483. The highest BCUT2D eigenvalue weighted by atomic mass is 79.9. The van der Waals surface area contributed by atoms with E-state index in [1.165, 1.54) is 7.11 Å². The highest BCUT2D eigenvalue weighted by Gasteiger charge is 2.33. The van der Waals surface area contributed by atoms with Crippen molar-refractivity contribution in [3.63, 3.8) is 0 Å². The molecule has 0 amide bonds. The largest absolute Gasteiger partial charge is 0.495 e. The van der Waals surface area contributed by atoms with Crippen LogP contribution >= 0.6 is 15.9 Å². The number of ether oxygens (including phenoxy) is 2. The van der Waals surface area contributed by atoms with Crippen LogP contribution in [0, 0.1) is 0 Å². The highest BCUT2D eigenvalue weighted by Crippen LogP contribution is 2.42. The Morgan fingerprint density at radius 1 is 1.29 bits per heavy atom. The number of rotatable bonds is 4. The number of carboxylic acids is 1. The van der Waals surface area contributed by atoms with Gasteiger partial charge in [0.2, 0.25) is 0 Å². The van der Waals surface area contributed by atoms with Gasteiger partial charge < -0.3 is 14.6 Å². The summed E-state index contributed by atoms with van der Waals surface area (Å²) in [6.07, 6.45) is 0. The van der Waals surface area contributed by atoms with E-state index in [-0.39, 0.29) is 0 Å². The van der Waals surface area contributed by atoms with Gasteiger partial charge in [0, 0.05) is 5.56 Å². The molecule has 0 aliphatic heterocycles. The second kappa shape index (κ2) is 4.96. The van der Waals surface area contributed by atoms with Gasteiger partial charge in [-0.15, -0.1) is 0 Å². The van der Waals surface area contributed by atoms with E-state index in [4.69, 9.17) is 9.47 Å². The number of benzene rings is 1. The van der Waals surface area contributed by atoms with Crippen LogP contribution in [0.1, 0.15) is 19.4 Å². The summed E-state index contributed by atoms with van der Waals surface area (Å²) in [5, 5.41) is 9.23. The van der Waals surface area contributed by atoms with Crippen LogP contribution in [0.15, 0.2) is 16.6 Å². The Bertz CT molecular complexity index is 440. The zero-order chi connectivity index (χ0) is 13.2. The van der Waals surface area contributed by atoms with E-state index in [1.54, 1.807) is 33.1 Å². The molecule has 4 nitrogen and oxygen atoms in total. The molecular formula is C12H15BrO4. The molecule has 17 heavy (non-hydrogen) atoms. The van der Waals surface area contributed by atoms with Gasteiger partial charge in [-0.25, -0.2) is 0 Å². The predicted octanol–water partition coefficient (Wildman–Crippen LogP) is 2.83. The first-order valence-electron chi connectivity index (χ1n) is 5.00. The average molecular weight is 303 g/mol. The summed E-state index contributed by atoms with van der Waals surface area (Å²) < 4.78 is 11.0. The Hall–Kier alpha value is -1.23. The van der Waals surface area contributed by atoms with Gasteiger partial charge in [-0.3, -0.25) is 4.79 Å². The molecule has 5 heteroatoms. The molecule has 0 unspecified atom stereocenters. The fourth-order valence-corrected chi connectivity index (χ4v) is 2.17. The van der Waals surface area contributed by atoms with Gasteiger partial charge in [-0.1, -0.05) is 6.07 Å². The lowest BCUT2D eigenvalue weighted by Gasteiger charge is -2.23. The topological polar surface area (TPSA) is 55.8 Å². The molecule has 0 radical (unpaired) electrons. The molecule has 1 rings (SSSR count). The van der Waals surface area contributed by atoms with Crippen molar-refractivity contribution in [1.82, 2.24) is 0 Å². The average Bonchev–Trinajstić information content (AvgIpc) is 2.28. The van der Waals surface area contributed by atoms with Crippen molar-refractivity contribution >= 4 is 21.9 Å². The summed E-state index contributed by atoms with van der Waals surface area (Å²) in [5.74, 6) is 0.177. The van der Waals surface area contributed by atoms with Crippen molar-refractivity contribution in [2.24, 2.45) is 0 Å². The van der Waals surface area contributed by atoms with Gasteiger partial charge in [0.1, 0.15) is 16.0 Å². The smallest absolute Gasteiger partial charge is 0.313 e. The lowest BCUT2D eigenvalue weighted by Crippen LogP contribution is -2.29. The van der Waals surface area contributed by atoms with Crippen molar-refractivity contribution in [2.75, 3.05) is 14.2 Å². The zero-order valence-electron chi connectivity index (χ0n) is 10.2. The lowest BCUT2D eigenvalue weighted by atomic mass is 9.84. The van der Waals surface area contributed by atoms with Crippen molar-refractivity contribution in [3.8, 4) is 11.5 Å². The molecule has 0 saturated carbocycles. The summed E-state index contributed by atoms with van der Waals surface area (Å²) in [5.41, 5.74) is -0.430. The molecule has 0 atom stereocenters. The molecule has 0 saturated heterocycles. The van der Waals surface area contributed by atoms with Crippen LogP contribution in [-0.2, 0) is 10.2 Å². The zero-order valence-corrected chi connectivity index (χ0v) is 11.8. The van der Waals surface area contributed by atoms with E-state index < -0.39 is 11.4 Å². The maximum Gasteiger partial charge on any atom is 0.313 e. The molecule has 1 aromatic rings. The molecule has 1 N–H and O–H groups in total. The molecule has 0 aliphatic rings. The second-order valence-corrected chi connectivity index (χ2v) is 4.89. The first-order chi connectivity index (χ1) is 7.86. The molecule has 0 heterocycles. The Labute approximate surface area is 109 Å². The normalized spacial score (nSPS) is 11.1. The van der Waals surface area contributed by atoms with E-state index >= 15 is 0 Å². The first kappa shape index (κ1) is 13.8. The molecule has 94 valence electrons. The molecule has 0 aliphatic carbocycles. The number of halogens is 1. The van der Waals surface area contributed by atoms with E-state index in [2.05, 4.69) is 15.9 Å². The summed E-state index contributed by atoms with van der Waals surface area (Å²) in [4.78, 5) is 11.3. The Balaban J connectivity index is 3.46. The maximum atomic E-state index is 11.3. The van der Waals surface area contributed by atoms with Crippen LogP contribution in [0.5, 0.6) is 11.5 Å². The summed E-state index contributed by atoms with van der Waals surface area (Å²) >= 11 is 3.35. The van der Waals surface area contributed by atoms with Crippen molar-refractivity contribution in [2.45, 2.75) is 19.3 Å². The van der Waals surface area contributed by atoms with Gasteiger partial charge in [-0.05, 0) is 35.8 Å². The third-order valence-electron chi connectivity index (χ3n) is 2.69. The van der Waals surface area contributed by atoms with Gasteiger partial charge in [0.25, 0.3) is 0 Å². The highest BCUT2D eigenvalue weighted by molar-refractivity contribution is 9.10. The van der Waals surface area contributed by atoms with Crippen LogP contribution in [0.25, 0.3) is 0 Å². The monoisotopic (exact) mass is 302 g/mol. The van der Waals surface area contributed by atoms with E-state index in [9.17, 15) is 9.90 Å². The third kappa shape index (κ3) is 2.39. The van der Waals surface area contributed by atoms with Crippen LogP contribution in [0.4, 0.5) is 0 Å². The van der Waals surface area contributed by atoms with Crippen LogP contribution < -0.4 is 9.47 Å². The van der Waals surface area contributed by atoms with Gasteiger partial charge in [0.05, 0.1) is 19.6 Å². The van der Waals surface area contributed by atoms with Gasteiger partial charge in [-0.2, -0.15) is 0 Å². The van der Waals surface area contributed by atoms with E-state index in [0.29, 0.717) is 21.5 Å². The first-order valence-corrected chi connectivity index (χ1v) is 5.80. The lowest BCUT2D eigenvalue weighted by molar-refractivity contribution is -0.142. The third-order valence-corrected chi connectivity index (χ3v) is 3.44. The minimum Gasteiger partial charge on any atom is -0.495 e. The molecular weight excluding hydrogens is 288 g/mol. The Morgan fingerprint density at radius 3 is 2.29 bits per heavy atom. The minimum atomic E-state index is -1.03. The number of carbonyl (C=O) groups is 1. The quantitative estimate of drug-likeness (QED) is 0.929. The Kier molecular flexibility index (Phi) is 4.03. The number of hydrogen-bond acceptors (Lipinski definition) is 3.